The van der Waals surface area contributed by atoms with Crippen molar-refractivity contribution in [3.8, 4) is 0 Å². The van der Waals surface area contributed by atoms with Crippen LogP contribution in [0.3, 0.4) is 0 Å². The smallest absolute Gasteiger partial charge is 0.254 e. The summed E-state index contributed by atoms with van der Waals surface area (Å²) in [6.45, 7) is 2.10. The Hall–Kier alpha value is -1.62. The van der Waals surface area contributed by atoms with E-state index in [1.807, 2.05) is 12.1 Å². The van der Waals surface area contributed by atoms with Gasteiger partial charge in [-0.3, -0.25) is 4.79 Å². The molecule has 1 atom stereocenters. The van der Waals surface area contributed by atoms with E-state index in [9.17, 15) is 4.79 Å². The Morgan fingerprint density at radius 2 is 2.16 bits per heavy atom. The minimum absolute atomic E-state index is 0.0129. The molecule has 2 heterocycles. The van der Waals surface area contributed by atoms with Crippen LogP contribution in [0, 0.1) is 0 Å². The molecule has 5 heteroatoms. The maximum atomic E-state index is 11.8. The molecule has 0 radical (unpaired) electrons. The summed E-state index contributed by atoms with van der Waals surface area (Å²) in [6.07, 6.45) is 4.04. The van der Waals surface area contributed by atoms with Crippen molar-refractivity contribution < 1.29 is 4.79 Å². The first-order valence-corrected chi connectivity index (χ1v) is 6.71. The zero-order valence-corrected chi connectivity index (χ0v) is 11.9. The van der Waals surface area contributed by atoms with Crippen LogP contribution >= 0.6 is 0 Å². The summed E-state index contributed by atoms with van der Waals surface area (Å²) < 4.78 is 0. The molecule has 1 aliphatic rings. The molecule has 1 aliphatic heterocycles. The number of rotatable bonds is 3. The van der Waals surface area contributed by atoms with Crippen molar-refractivity contribution in [2.24, 2.45) is 0 Å². The van der Waals surface area contributed by atoms with Crippen LogP contribution in [0.5, 0.6) is 0 Å². The van der Waals surface area contributed by atoms with Gasteiger partial charge in [-0.15, -0.1) is 0 Å². The normalized spacial score (nSPS) is 19.0. The van der Waals surface area contributed by atoms with Crippen LogP contribution in [0.25, 0.3) is 0 Å². The Labute approximate surface area is 114 Å². The van der Waals surface area contributed by atoms with E-state index in [-0.39, 0.29) is 5.91 Å². The van der Waals surface area contributed by atoms with E-state index in [2.05, 4.69) is 22.2 Å². The minimum atomic E-state index is -0.0129. The van der Waals surface area contributed by atoms with Gasteiger partial charge in [0.1, 0.15) is 5.82 Å². The minimum Gasteiger partial charge on any atom is -0.355 e. The molecule has 1 N–H and O–H groups in total. The zero-order valence-electron chi connectivity index (χ0n) is 11.9. The van der Waals surface area contributed by atoms with E-state index in [1.165, 1.54) is 12.8 Å². The number of likely N-dealkylation sites (N-methyl/N-ethyl adjacent to an activating group) is 1. The van der Waals surface area contributed by atoms with Crippen LogP contribution in [-0.2, 0) is 0 Å². The van der Waals surface area contributed by atoms with E-state index in [0.717, 1.165) is 18.9 Å². The van der Waals surface area contributed by atoms with E-state index < -0.39 is 0 Å². The molecular weight excluding hydrogens is 240 g/mol. The standard InChI is InChI=1S/C14H22N4O/c1-17(2)14(19)11-6-7-13(16-9-11)18(3)12-5-4-8-15-10-12/h6-7,9,12,15H,4-5,8,10H2,1-3H3. The molecule has 1 aromatic rings. The Morgan fingerprint density at radius 3 is 2.68 bits per heavy atom. The van der Waals surface area contributed by atoms with Crippen LogP contribution in [0.1, 0.15) is 23.2 Å². The Kier molecular flexibility index (Phi) is 4.37. The van der Waals surface area contributed by atoms with Crippen molar-refractivity contribution in [3.05, 3.63) is 23.9 Å². The zero-order chi connectivity index (χ0) is 13.8. The lowest BCUT2D eigenvalue weighted by Gasteiger charge is -2.32. The summed E-state index contributed by atoms with van der Waals surface area (Å²) in [5, 5.41) is 3.40. The van der Waals surface area contributed by atoms with Gasteiger partial charge in [-0.1, -0.05) is 0 Å². The van der Waals surface area contributed by atoms with Gasteiger partial charge in [-0.2, -0.15) is 0 Å². The van der Waals surface area contributed by atoms with Gasteiger partial charge >= 0.3 is 0 Å². The van der Waals surface area contributed by atoms with E-state index >= 15 is 0 Å². The first kappa shape index (κ1) is 13.8. The number of nitrogens with zero attached hydrogens (tertiary/aromatic N) is 3. The second kappa shape index (κ2) is 6.02. The van der Waals surface area contributed by atoms with Crippen molar-refractivity contribution in [1.29, 1.82) is 0 Å². The number of amides is 1. The fraction of sp³-hybridized carbons (Fsp3) is 0.571. The second-order valence-corrected chi connectivity index (χ2v) is 5.22. The fourth-order valence-electron chi connectivity index (χ4n) is 2.33. The van der Waals surface area contributed by atoms with Gasteiger partial charge in [0.15, 0.2) is 0 Å². The summed E-state index contributed by atoms with van der Waals surface area (Å²) in [5.41, 5.74) is 0.629. The number of nitrogens with one attached hydrogen (secondary N) is 1. The van der Waals surface area contributed by atoms with Crippen molar-refractivity contribution in [2.45, 2.75) is 18.9 Å². The lowest BCUT2D eigenvalue weighted by Crippen LogP contribution is -2.44. The number of hydrogen-bond donors (Lipinski definition) is 1. The summed E-state index contributed by atoms with van der Waals surface area (Å²) >= 11 is 0. The van der Waals surface area contributed by atoms with Crippen molar-refractivity contribution >= 4 is 11.7 Å². The quantitative estimate of drug-likeness (QED) is 0.882. The summed E-state index contributed by atoms with van der Waals surface area (Å²) in [7, 11) is 5.56. The predicted octanol–water partition coefficient (Wildman–Crippen LogP) is 0.972. The molecular formula is C14H22N4O. The SMILES string of the molecule is CN(C)C(=O)c1ccc(N(C)C2CCCNC2)nc1. The highest BCUT2D eigenvalue weighted by molar-refractivity contribution is 5.93. The maximum absolute atomic E-state index is 11.8. The third-order valence-electron chi connectivity index (χ3n) is 3.58. The molecule has 0 spiro atoms. The van der Waals surface area contributed by atoms with E-state index in [0.29, 0.717) is 11.6 Å². The topological polar surface area (TPSA) is 48.5 Å². The molecule has 0 bridgehead atoms. The number of anilines is 1. The van der Waals surface area contributed by atoms with Gasteiger partial charge in [0.05, 0.1) is 5.56 Å². The Bertz CT molecular complexity index is 424. The molecule has 1 fully saturated rings. The van der Waals surface area contributed by atoms with Gasteiger partial charge in [-0.05, 0) is 31.5 Å². The number of piperidine rings is 1. The van der Waals surface area contributed by atoms with Crippen molar-refractivity contribution in [1.82, 2.24) is 15.2 Å². The van der Waals surface area contributed by atoms with Crippen molar-refractivity contribution in [3.63, 3.8) is 0 Å². The molecule has 1 aromatic heterocycles. The number of hydrogen-bond acceptors (Lipinski definition) is 4. The first-order chi connectivity index (χ1) is 9.09. The van der Waals surface area contributed by atoms with Crippen LogP contribution in [0.2, 0.25) is 0 Å². The van der Waals surface area contributed by atoms with Gasteiger partial charge in [0.2, 0.25) is 0 Å². The van der Waals surface area contributed by atoms with Crippen molar-refractivity contribution in [2.75, 3.05) is 39.1 Å². The highest BCUT2D eigenvalue weighted by atomic mass is 16.2. The molecule has 0 saturated carbocycles. The van der Waals surface area contributed by atoms with E-state index in [4.69, 9.17) is 0 Å². The largest absolute Gasteiger partial charge is 0.355 e. The average molecular weight is 262 g/mol. The molecule has 2 rings (SSSR count). The summed E-state index contributed by atoms with van der Waals surface area (Å²) in [5.74, 6) is 0.907. The Morgan fingerprint density at radius 1 is 1.37 bits per heavy atom. The first-order valence-electron chi connectivity index (χ1n) is 6.71. The van der Waals surface area contributed by atoms with Gasteiger partial charge in [0, 0.05) is 39.9 Å². The lowest BCUT2D eigenvalue weighted by molar-refractivity contribution is 0.0827. The lowest BCUT2D eigenvalue weighted by atomic mass is 10.1. The number of aromatic nitrogens is 1. The molecule has 5 nitrogen and oxygen atoms in total. The molecule has 1 unspecified atom stereocenters. The highest BCUT2D eigenvalue weighted by Gasteiger charge is 2.19. The third-order valence-corrected chi connectivity index (χ3v) is 3.58. The average Bonchev–Trinajstić information content (AvgIpc) is 2.46. The van der Waals surface area contributed by atoms with Crippen LogP contribution < -0.4 is 10.2 Å². The molecule has 1 saturated heterocycles. The molecule has 0 aliphatic carbocycles. The molecule has 104 valence electrons. The van der Waals surface area contributed by atoms with E-state index in [1.54, 1.807) is 25.2 Å². The predicted molar refractivity (Wildman–Crippen MR) is 76.5 cm³/mol. The molecule has 19 heavy (non-hydrogen) atoms. The van der Waals surface area contributed by atoms with Gasteiger partial charge < -0.3 is 15.1 Å². The van der Waals surface area contributed by atoms with Crippen LogP contribution in [-0.4, -0.2) is 56.1 Å². The second-order valence-electron chi connectivity index (χ2n) is 5.22. The molecule has 0 aromatic carbocycles. The fourth-order valence-corrected chi connectivity index (χ4v) is 2.33. The van der Waals surface area contributed by atoms with Gasteiger partial charge in [-0.25, -0.2) is 4.98 Å². The highest BCUT2D eigenvalue weighted by Crippen LogP contribution is 2.17. The Balaban J connectivity index is 2.07. The molecule has 1 amide bonds. The maximum Gasteiger partial charge on any atom is 0.254 e. The third kappa shape index (κ3) is 3.23. The van der Waals surface area contributed by atoms with Crippen LogP contribution in [0.4, 0.5) is 5.82 Å². The number of carbonyl (C=O) groups is 1. The summed E-state index contributed by atoms with van der Waals surface area (Å²) in [4.78, 5) is 19.9. The number of carbonyl (C=O) groups excluding carboxylic acids is 1. The monoisotopic (exact) mass is 262 g/mol. The number of pyridine rings is 1. The van der Waals surface area contributed by atoms with Gasteiger partial charge in [0.25, 0.3) is 5.91 Å². The summed E-state index contributed by atoms with van der Waals surface area (Å²) in [6, 6.07) is 4.25. The van der Waals surface area contributed by atoms with Crippen LogP contribution in [0.15, 0.2) is 18.3 Å².